The van der Waals surface area contributed by atoms with E-state index in [1.807, 2.05) is 60.7 Å². The van der Waals surface area contributed by atoms with Crippen molar-refractivity contribution < 1.29 is 21.7 Å². The van der Waals surface area contributed by atoms with Crippen LogP contribution in [0.15, 0.2) is 60.7 Å². The topological polar surface area (TPSA) is 0 Å². The van der Waals surface area contributed by atoms with E-state index in [9.17, 15) is 0 Å². The quantitative estimate of drug-likeness (QED) is 0.429. The summed E-state index contributed by atoms with van der Waals surface area (Å²) in [6, 6.07) is 20.0. The largest absolute Gasteiger partial charge is 0.214 e. The minimum absolute atomic E-state index is 0. The van der Waals surface area contributed by atoms with Gasteiger partial charge in [-0.3, -0.25) is 0 Å². The van der Waals surface area contributed by atoms with Gasteiger partial charge < -0.3 is 0 Å². The van der Waals surface area contributed by atoms with Gasteiger partial charge in [0.1, 0.15) is 0 Å². The van der Waals surface area contributed by atoms with Crippen LogP contribution in [0.25, 0.3) is 0 Å². The minimum Gasteiger partial charge on any atom is -0.214 e. The third-order valence-corrected chi connectivity index (χ3v) is 1.11. The Bertz CT molecular complexity index is 144. The van der Waals surface area contributed by atoms with Gasteiger partial charge in [0.15, 0.2) is 0 Å². The van der Waals surface area contributed by atoms with Crippen molar-refractivity contribution in [3.05, 3.63) is 60.7 Å². The predicted octanol–water partition coefficient (Wildman–Crippen LogP) is 2.81. The molecule has 0 saturated carbocycles. The summed E-state index contributed by atoms with van der Waals surface area (Å²) in [4.78, 5) is 0. The third-order valence-electron chi connectivity index (χ3n) is 1.11. The van der Waals surface area contributed by atoms with E-state index in [1.165, 1.54) is 0 Å². The van der Waals surface area contributed by atoms with E-state index < -0.39 is 0 Å². The first-order chi connectivity index (χ1) is 5.00. The van der Waals surface area contributed by atoms with E-state index in [1.54, 1.807) is 0 Å². The van der Waals surface area contributed by atoms with Crippen LogP contribution in [0.5, 0.6) is 0 Å². The molecule has 0 heterocycles. The minimum atomic E-state index is 0. The van der Waals surface area contributed by atoms with Gasteiger partial charge >= 0.3 is 0 Å². The Morgan fingerprint density at radius 2 is 0.818 bits per heavy atom. The maximum absolute atomic E-state index is 2.00. The summed E-state index contributed by atoms with van der Waals surface area (Å²) in [6.07, 6.45) is 0. The molecule has 0 atom stereocenters. The maximum Gasteiger partial charge on any atom is 0 e. The molecule has 1 heteroatoms. The van der Waals surface area contributed by atoms with Crippen molar-refractivity contribution in [3.8, 4) is 0 Å². The fourth-order valence-electron chi connectivity index (χ4n) is 0.642. The number of hydrogen-bond donors (Lipinski definition) is 0. The molecule has 2 aromatic rings. The van der Waals surface area contributed by atoms with Crippen LogP contribution in [0.1, 0.15) is 0 Å². The van der Waals surface area contributed by atoms with Crippen molar-refractivity contribution in [1.82, 2.24) is 0 Å². The first-order valence-electron chi connectivity index (χ1n) is 3.33. The average molecular weight is 178 g/mol. The van der Waals surface area contributed by atoms with Crippen molar-refractivity contribution in [2.45, 2.75) is 0 Å². The van der Waals surface area contributed by atoms with E-state index in [0.29, 0.717) is 0 Å². The molecular weight excluding hydrogens is 168 g/mol. The van der Waals surface area contributed by atoms with Gasteiger partial charge in [0.2, 0.25) is 0 Å². The van der Waals surface area contributed by atoms with Crippen LogP contribution in [-0.4, -0.2) is 0 Å². The van der Waals surface area contributed by atoms with Gasteiger partial charge in [0, 0.05) is 21.7 Å². The van der Waals surface area contributed by atoms with Gasteiger partial charge in [-0.15, -0.1) is 0 Å². The molecule has 0 aliphatic carbocycles. The van der Waals surface area contributed by atoms with E-state index in [2.05, 4.69) is 0 Å². The molecule has 56 valence electrons. The van der Waals surface area contributed by atoms with Crippen molar-refractivity contribution in [2.75, 3.05) is 0 Å². The number of hydrogen-bond acceptors (Lipinski definition) is 0. The van der Waals surface area contributed by atoms with Crippen molar-refractivity contribution in [1.29, 1.82) is 0 Å². The van der Waals surface area contributed by atoms with Crippen molar-refractivity contribution in [2.24, 2.45) is 0 Å². The van der Waals surface area contributed by atoms with Crippen LogP contribution in [0, 0.1) is 0 Å². The van der Waals surface area contributed by atoms with Gasteiger partial charge in [-0.1, -0.05) is 0 Å². The molecular formula is C10H10Ti-2. The Morgan fingerprint density at radius 3 is 0.909 bits per heavy atom. The Kier molecular flexibility index (Phi) is 7.12. The van der Waals surface area contributed by atoms with Gasteiger partial charge in [-0.05, 0) is 0 Å². The summed E-state index contributed by atoms with van der Waals surface area (Å²) in [7, 11) is 0. The zero-order valence-corrected chi connectivity index (χ0v) is 7.84. The standard InChI is InChI=1S/2C5H5.Ti/c2*1-2-4-5-3-1;/h2*1-5H;/q2*-1;. The Labute approximate surface area is 82.5 Å². The molecule has 0 nitrogen and oxygen atoms in total. The fourth-order valence-corrected chi connectivity index (χ4v) is 0.642. The molecule has 2 aromatic carbocycles. The van der Waals surface area contributed by atoms with Gasteiger partial charge in [-0.2, -0.15) is 36.4 Å². The Balaban J connectivity index is 0.000000167. The zero-order valence-electron chi connectivity index (χ0n) is 6.27. The molecule has 0 bridgehead atoms. The second kappa shape index (κ2) is 7.52. The molecule has 0 saturated heterocycles. The smallest absolute Gasteiger partial charge is 0 e. The summed E-state index contributed by atoms with van der Waals surface area (Å²) < 4.78 is 0. The molecule has 0 aliphatic rings. The van der Waals surface area contributed by atoms with E-state index in [4.69, 9.17) is 0 Å². The van der Waals surface area contributed by atoms with Gasteiger partial charge in [-0.25, -0.2) is 24.3 Å². The summed E-state index contributed by atoms with van der Waals surface area (Å²) in [5.74, 6) is 0. The Morgan fingerprint density at radius 1 is 0.545 bits per heavy atom. The molecule has 0 aromatic heterocycles. The molecule has 0 N–H and O–H groups in total. The summed E-state index contributed by atoms with van der Waals surface area (Å²) >= 11 is 0. The SMILES string of the molecule is [Ti].c1cc[cH-]c1.c1cc[cH-]c1. The van der Waals surface area contributed by atoms with Crippen LogP contribution >= 0.6 is 0 Å². The van der Waals surface area contributed by atoms with Crippen LogP contribution < -0.4 is 0 Å². The van der Waals surface area contributed by atoms with Gasteiger partial charge in [0.05, 0.1) is 0 Å². The third kappa shape index (κ3) is 5.84. The molecule has 0 aliphatic heterocycles. The van der Waals surface area contributed by atoms with Crippen LogP contribution in [0.4, 0.5) is 0 Å². The van der Waals surface area contributed by atoms with Gasteiger partial charge in [0.25, 0.3) is 0 Å². The molecule has 0 spiro atoms. The second-order valence-electron chi connectivity index (χ2n) is 1.92. The van der Waals surface area contributed by atoms with E-state index in [-0.39, 0.29) is 21.7 Å². The van der Waals surface area contributed by atoms with Crippen LogP contribution in [0.3, 0.4) is 0 Å². The van der Waals surface area contributed by atoms with Crippen LogP contribution in [-0.2, 0) is 21.7 Å². The first-order valence-corrected chi connectivity index (χ1v) is 3.33. The number of rotatable bonds is 0. The monoisotopic (exact) mass is 178 g/mol. The fraction of sp³-hybridized carbons (Fsp3) is 0. The molecule has 0 radical (unpaired) electrons. The Hall–Kier alpha value is -0.586. The molecule has 0 fully saturated rings. The van der Waals surface area contributed by atoms with Crippen molar-refractivity contribution in [3.63, 3.8) is 0 Å². The predicted molar refractivity (Wildman–Crippen MR) is 44.1 cm³/mol. The average Bonchev–Trinajstić information content (AvgIpc) is 2.67. The maximum atomic E-state index is 2.00. The van der Waals surface area contributed by atoms with Crippen molar-refractivity contribution >= 4 is 0 Å². The molecule has 0 amide bonds. The summed E-state index contributed by atoms with van der Waals surface area (Å²) in [5.41, 5.74) is 0. The van der Waals surface area contributed by atoms with E-state index >= 15 is 0 Å². The molecule has 0 unspecified atom stereocenters. The zero-order chi connectivity index (χ0) is 7.07. The van der Waals surface area contributed by atoms with Crippen LogP contribution in [0.2, 0.25) is 0 Å². The molecule has 2 rings (SSSR count). The first kappa shape index (κ1) is 10.4. The molecule has 11 heavy (non-hydrogen) atoms. The summed E-state index contributed by atoms with van der Waals surface area (Å²) in [6.45, 7) is 0. The van der Waals surface area contributed by atoms with E-state index in [0.717, 1.165) is 0 Å². The normalized spacial score (nSPS) is 7.27. The summed E-state index contributed by atoms with van der Waals surface area (Å²) in [5, 5.41) is 0. The second-order valence-corrected chi connectivity index (χ2v) is 1.92.